The number of allylic oxidation sites excluding steroid dienone is 1. The lowest BCUT2D eigenvalue weighted by Gasteiger charge is -2.58. The number of nitro groups is 1. The van der Waals surface area contributed by atoms with E-state index in [0.717, 1.165) is 75.6 Å². The van der Waals surface area contributed by atoms with Crippen molar-refractivity contribution in [1.82, 2.24) is 0 Å². The van der Waals surface area contributed by atoms with E-state index in [1.54, 1.807) is 30.0 Å². The van der Waals surface area contributed by atoms with Crippen LogP contribution in [0.1, 0.15) is 62.0 Å². The van der Waals surface area contributed by atoms with Crippen molar-refractivity contribution in [2.75, 3.05) is 19.8 Å². The van der Waals surface area contributed by atoms with Crippen LogP contribution in [-0.2, 0) is 16.2 Å². The maximum Gasteiger partial charge on any atom is 0.269 e. The fourth-order valence-corrected chi connectivity index (χ4v) is 10.8. The Bertz CT molecular complexity index is 2370. The molecule has 0 amide bonds. The number of hydrogen-bond donors (Lipinski definition) is 2. The average Bonchev–Trinajstić information content (AvgIpc) is 3.31. The monoisotopic (exact) mass is 866 g/mol. The van der Waals surface area contributed by atoms with Crippen LogP contribution in [0.25, 0.3) is 11.1 Å². The molecule has 11 heteroatoms. The van der Waals surface area contributed by atoms with Gasteiger partial charge in [-0.25, -0.2) is 0 Å². The molecule has 1 fully saturated rings. The lowest BCUT2D eigenvalue weighted by Crippen LogP contribution is -2.64. The molecule has 1 saturated carbocycles. The first-order chi connectivity index (χ1) is 30.9. The lowest BCUT2D eigenvalue weighted by atomic mass is 9.56. The highest BCUT2D eigenvalue weighted by Gasteiger charge is 2.64. The Morgan fingerprint density at radius 3 is 2.22 bits per heavy atom. The largest absolute Gasteiger partial charge is 0.460 e. The number of ether oxygens (including phenoxy) is 3. The van der Waals surface area contributed by atoms with Gasteiger partial charge in [0.05, 0.1) is 28.4 Å². The van der Waals surface area contributed by atoms with Crippen molar-refractivity contribution in [1.29, 1.82) is 0 Å². The molecular formula is C52H54N2O8S. The third-order valence-electron chi connectivity index (χ3n) is 12.4. The molecule has 0 aromatic heterocycles. The number of benzene rings is 5. The zero-order chi connectivity index (χ0) is 43.6. The van der Waals surface area contributed by atoms with E-state index >= 15 is 0 Å². The molecule has 326 valence electrons. The van der Waals surface area contributed by atoms with Crippen LogP contribution in [0.2, 0.25) is 0 Å². The average molecular weight is 867 g/mol. The van der Waals surface area contributed by atoms with Gasteiger partial charge in [0, 0.05) is 48.1 Å². The van der Waals surface area contributed by atoms with Crippen molar-refractivity contribution in [3.05, 3.63) is 173 Å². The summed E-state index contributed by atoms with van der Waals surface area (Å²) in [6.45, 7) is 4.68. The van der Waals surface area contributed by atoms with E-state index in [0.29, 0.717) is 25.0 Å². The summed E-state index contributed by atoms with van der Waals surface area (Å²) in [5.74, 6) is 0.813. The van der Waals surface area contributed by atoms with Crippen molar-refractivity contribution in [2.45, 2.75) is 73.4 Å². The van der Waals surface area contributed by atoms with Crippen molar-refractivity contribution in [3.8, 4) is 28.4 Å². The molecule has 0 spiro atoms. The van der Waals surface area contributed by atoms with Crippen molar-refractivity contribution in [3.63, 3.8) is 0 Å². The molecule has 2 aliphatic carbocycles. The van der Waals surface area contributed by atoms with Gasteiger partial charge < -0.3 is 29.3 Å². The zero-order valence-corrected chi connectivity index (χ0v) is 36.1. The Labute approximate surface area is 373 Å². The third-order valence-corrected chi connectivity index (χ3v) is 13.7. The van der Waals surface area contributed by atoms with Crippen LogP contribution in [-0.4, -0.2) is 51.7 Å². The highest BCUT2D eigenvalue weighted by molar-refractivity contribution is 8.00. The zero-order valence-electron chi connectivity index (χ0n) is 35.3. The number of non-ortho nitro benzene ring substituents is 1. The van der Waals surface area contributed by atoms with Crippen LogP contribution < -0.4 is 9.47 Å². The van der Waals surface area contributed by atoms with Crippen molar-refractivity contribution in [2.24, 2.45) is 22.9 Å². The van der Waals surface area contributed by atoms with E-state index in [2.05, 4.69) is 55.1 Å². The van der Waals surface area contributed by atoms with Gasteiger partial charge in [0.15, 0.2) is 0 Å². The second-order valence-corrected chi connectivity index (χ2v) is 17.6. The van der Waals surface area contributed by atoms with Gasteiger partial charge in [-0.2, -0.15) is 0 Å². The normalized spacial score (nSPS) is 22.9. The number of aliphatic hydroxyl groups is 2. The Morgan fingerprint density at radius 1 is 0.841 bits per heavy atom. The Kier molecular flexibility index (Phi) is 14.4. The number of oxime groups is 1. The van der Waals surface area contributed by atoms with E-state index < -0.39 is 10.7 Å². The molecule has 5 aromatic carbocycles. The van der Waals surface area contributed by atoms with Gasteiger partial charge in [0.1, 0.15) is 23.9 Å². The summed E-state index contributed by atoms with van der Waals surface area (Å²) in [6, 6.07) is 41.1. The Morgan fingerprint density at radius 2 is 1.52 bits per heavy atom. The predicted octanol–water partition coefficient (Wildman–Crippen LogP) is 11.7. The lowest BCUT2D eigenvalue weighted by molar-refractivity contribution is -0.384. The number of hydrogen-bond acceptors (Lipinski definition) is 10. The van der Waals surface area contributed by atoms with Crippen molar-refractivity contribution >= 4 is 23.2 Å². The number of unbranched alkanes of at least 4 members (excludes halogenated alkanes) is 2. The highest BCUT2D eigenvalue weighted by atomic mass is 32.2. The van der Waals surface area contributed by atoms with Crippen LogP contribution in [0.15, 0.2) is 162 Å². The summed E-state index contributed by atoms with van der Waals surface area (Å²) in [7, 11) is 0. The third kappa shape index (κ3) is 9.92. The highest BCUT2D eigenvalue weighted by Crippen LogP contribution is 2.63. The topological polar surface area (TPSA) is 133 Å². The van der Waals surface area contributed by atoms with Crippen LogP contribution in [0.3, 0.4) is 0 Å². The molecule has 3 aliphatic rings. The molecule has 1 heterocycles. The van der Waals surface area contributed by atoms with Gasteiger partial charge in [0.25, 0.3) is 5.69 Å². The van der Waals surface area contributed by atoms with Gasteiger partial charge in [-0.05, 0) is 114 Å². The van der Waals surface area contributed by atoms with Crippen LogP contribution in [0.4, 0.5) is 5.69 Å². The molecule has 0 radical (unpaired) electrons. The molecule has 6 atom stereocenters. The minimum atomic E-state index is -1.14. The van der Waals surface area contributed by atoms with E-state index in [4.69, 9.17) is 24.2 Å². The summed E-state index contributed by atoms with van der Waals surface area (Å²) in [5, 5.41) is 35.9. The molecule has 5 aromatic rings. The maximum atomic E-state index is 11.3. The van der Waals surface area contributed by atoms with Crippen LogP contribution >= 0.6 is 11.8 Å². The fourth-order valence-electron chi connectivity index (χ4n) is 9.53. The molecule has 0 saturated heterocycles. The summed E-state index contributed by atoms with van der Waals surface area (Å²) in [4.78, 5) is 18.1. The maximum absolute atomic E-state index is 11.3. The quantitative estimate of drug-likeness (QED) is 0.0339. The van der Waals surface area contributed by atoms with E-state index in [1.807, 2.05) is 60.7 Å². The standard InChI is InChI=1S/C52H54N2O8S/c1-2-31-59-52-49(63-43-16-7-4-8-17-43)34-47(53-60-35-36-19-23-40(24-20-36)54(57)58)45-32-39(15-9-11-29-55)44(18-10-12-30-56)50(51(45)52)46-33-42(27-28-48(46)62-52)61-41-25-21-38(22-26-41)37-13-5-3-6-14-37/h2-8,13-14,16-17,19-28,32-33,39,44,49-51,55-56H,1,9-12,15,18,29-31,34-35H2. The summed E-state index contributed by atoms with van der Waals surface area (Å²) in [5.41, 5.74) is 5.86. The molecular weight excluding hydrogens is 813 g/mol. The number of fused-ring (bicyclic) bond motifs is 2. The van der Waals surface area contributed by atoms with Crippen molar-refractivity contribution < 1.29 is 34.2 Å². The van der Waals surface area contributed by atoms with Gasteiger partial charge in [-0.1, -0.05) is 90.8 Å². The Balaban J connectivity index is 1.24. The molecule has 8 rings (SSSR count). The van der Waals surface area contributed by atoms with Gasteiger partial charge in [-0.3, -0.25) is 10.1 Å². The molecule has 0 bridgehead atoms. The van der Waals surface area contributed by atoms with Crippen LogP contribution in [0, 0.1) is 27.9 Å². The number of nitrogens with zero attached hydrogens (tertiary/aromatic N) is 2. The van der Waals surface area contributed by atoms with E-state index in [-0.39, 0.29) is 61.0 Å². The van der Waals surface area contributed by atoms with Gasteiger partial charge in [-0.15, -0.1) is 18.3 Å². The second-order valence-electron chi connectivity index (χ2n) is 16.4. The fraction of sp³-hybridized carbons (Fsp3) is 0.327. The number of aliphatic hydroxyl groups excluding tert-OH is 2. The Hall–Kier alpha value is -5.72. The minimum absolute atomic E-state index is 0.0141. The van der Waals surface area contributed by atoms with Gasteiger partial charge in [0.2, 0.25) is 5.79 Å². The minimum Gasteiger partial charge on any atom is -0.460 e. The van der Waals surface area contributed by atoms with Crippen LogP contribution in [0.5, 0.6) is 17.2 Å². The first-order valence-corrected chi connectivity index (χ1v) is 22.8. The number of thioether (sulfide) groups is 1. The smallest absolute Gasteiger partial charge is 0.269 e. The first-order valence-electron chi connectivity index (χ1n) is 21.9. The summed E-state index contributed by atoms with van der Waals surface area (Å²) < 4.78 is 21.1. The van der Waals surface area contributed by atoms with E-state index in [1.165, 1.54) is 12.1 Å². The molecule has 63 heavy (non-hydrogen) atoms. The second kappa shape index (κ2) is 20.6. The SMILES string of the molecule is C=CCOC12Oc3ccc(Oc4ccc(-c5ccccc5)cc4)cc3C3C(CCCCO)C(CCCCO)C=C(C(=NOCc4ccc([N+](=O)[O-])cc4)CC1Sc1ccccc1)C32. The summed E-state index contributed by atoms with van der Waals surface area (Å²) in [6.07, 6.45) is 9.40. The van der Waals surface area contributed by atoms with Gasteiger partial charge >= 0.3 is 0 Å². The molecule has 1 aliphatic heterocycles. The summed E-state index contributed by atoms with van der Waals surface area (Å²) >= 11 is 1.70. The van der Waals surface area contributed by atoms with E-state index in [9.17, 15) is 20.3 Å². The molecule has 2 N–H and O–H groups in total. The molecule has 10 nitrogen and oxygen atoms in total. The molecule has 6 unspecified atom stereocenters. The predicted molar refractivity (Wildman–Crippen MR) is 247 cm³/mol. The first kappa shape index (κ1) is 43.9. The number of rotatable bonds is 20. The number of nitro benzene ring substituents is 1.